The van der Waals surface area contributed by atoms with Gasteiger partial charge in [0.25, 0.3) is 10.0 Å². The Balaban J connectivity index is 1.67. The molecule has 0 radical (unpaired) electrons. The van der Waals surface area contributed by atoms with Crippen molar-refractivity contribution in [1.29, 1.82) is 0 Å². The molecule has 8 nitrogen and oxygen atoms in total. The largest absolute Gasteiger partial charge is 0.310 e. The van der Waals surface area contributed by atoms with Crippen LogP contribution in [0.2, 0.25) is 5.02 Å². The van der Waals surface area contributed by atoms with Crippen molar-refractivity contribution < 1.29 is 21.6 Å². The number of sulfonamides is 2. The summed E-state index contributed by atoms with van der Waals surface area (Å²) in [6.07, 6.45) is 0.465. The van der Waals surface area contributed by atoms with Crippen molar-refractivity contribution in [1.82, 2.24) is 4.31 Å². The van der Waals surface area contributed by atoms with Crippen molar-refractivity contribution in [2.24, 2.45) is 0 Å². The Morgan fingerprint density at radius 2 is 1.50 bits per heavy atom. The number of halogens is 1. The summed E-state index contributed by atoms with van der Waals surface area (Å²) in [6, 6.07) is 17.3. The number of amides is 1. The molecule has 1 amide bonds. The number of hydrogen-bond donors (Lipinski definition) is 0. The number of nitrogens with zero attached hydrogens (tertiary/aromatic N) is 3. The number of carbonyl (C=O) groups is 1. The molecule has 0 saturated heterocycles. The van der Waals surface area contributed by atoms with Gasteiger partial charge in [-0.2, -0.15) is 0 Å². The van der Waals surface area contributed by atoms with Crippen molar-refractivity contribution in [3.05, 3.63) is 82.9 Å². The van der Waals surface area contributed by atoms with Gasteiger partial charge in [-0.05, 0) is 73.5 Å². The standard InChI is InChI=1S/C25H26ClN3O5S2/c1-18-4-8-21(9-5-18)29(36(33,34)22-10-6-20(26)7-11-22)17-25(30)28-15-14-19-16-23(12-13-24(19)28)35(31,32)27(2)3/h4-13,16H,14-15,17H2,1-3H3. The molecule has 1 aliphatic rings. The molecule has 0 saturated carbocycles. The summed E-state index contributed by atoms with van der Waals surface area (Å²) in [7, 11) is -4.78. The highest BCUT2D eigenvalue weighted by Gasteiger charge is 2.32. The topological polar surface area (TPSA) is 95.1 Å². The van der Waals surface area contributed by atoms with Crippen LogP contribution < -0.4 is 9.21 Å². The van der Waals surface area contributed by atoms with E-state index in [1.807, 2.05) is 6.92 Å². The molecule has 3 aromatic rings. The molecule has 1 aliphatic heterocycles. The zero-order valence-electron chi connectivity index (χ0n) is 20.0. The molecule has 190 valence electrons. The first kappa shape index (κ1) is 26.2. The lowest BCUT2D eigenvalue weighted by Crippen LogP contribution is -2.42. The van der Waals surface area contributed by atoms with Gasteiger partial charge in [0.1, 0.15) is 6.54 Å². The quantitative estimate of drug-likeness (QED) is 0.449. The molecular formula is C25H26ClN3O5S2. The molecule has 0 N–H and O–H groups in total. The molecule has 0 atom stereocenters. The fraction of sp³-hybridized carbons (Fsp3) is 0.240. The van der Waals surface area contributed by atoms with E-state index < -0.39 is 32.5 Å². The van der Waals surface area contributed by atoms with Crippen molar-refractivity contribution in [2.75, 3.05) is 36.4 Å². The zero-order valence-corrected chi connectivity index (χ0v) is 22.4. The van der Waals surface area contributed by atoms with E-state index in [4.69, 9.17) is 11.6 Å². The maximum absolute atomic E-state index is 13.6. The molecule has 0 spiro atoms. The number of anilines is 2. The maximum Gasteiger partial charge on any atom is 0.264 e. The fourth-order valence-corrected chi connectivity index (χ4v) is 6.47. The van der Waals surface area contributed by atoms with Gasteiger partial charge in [0.2, 0.25) is 15.9 Å². The first-order valence-electron chi connectivity index (χ1n) is 11.1. The Kier molecular flexibility index (Phi) is 7.16. The van der Waals surface area contributed by atoms with Gasteiger partial charge in [0, 0.05) is 31.4 Å². The Hall–Kier alpha value is -2.92. The molecular weight excluding hydrogens is 522 g/mol. The first-order valence-corrected chi connectivity index (χ1v) is 14.4. The monoisotopic (exact) mass is 547 g/mol. The summed E-state index contributed by atoms with van der Waals surface area (Å²) in [5.41, 5.74) is 2.60. The van der Waals surface area contributed by atoms with Crippen molar-refractivity contribution in [3.8, 4) is 0 Å². The normalized spacial score (nSPS) is 13.6. The van der Waals surface area contributed by atoms with E-state index in [1.165, 1.54) is 49.3 Å². The van der Waals surface area contributed by atoms with E-state index in [2.05, 4.69) is 0 Å². The summed E-state index contributed by atoms with van der Waals surface area (Å²) < 4.78 is 54.4. The van der Waals surface area contributed by atoms with Gasteiger partial charge < -0.3 is 4.90 Å². The van der Waals surface area contributed by atoms with Gasteiger partial charge in [-0.15, -0.1) is 0 Å². The number of aryl methyl sites for hydroxylation is 1. The van der Waals surface area contributed by atoms with Gasteiger partial charge in [-0.3, -0.25) is 9.10 Å². The van der Waals surface area contributed by atoms with Crippen LogP contribution in [0.1, 0.15) is 11.1 Å². The van der Waals surface area contributed by atoms with E-state index in [0.717, 1.165) is 14.2 Å². The molecule has 11 heteroatoms. The molecule has 4 rings (SSSR count). The van der Waals surface area contributed by atoms with E-state index in [1.54, 1.807) is 36.4 Å². The lowest BCUT2D eigenvalue weighted by molar-refractivity contribution is -0.117. The fourth-order valence-electron chi connectivity index (χ4n) is 3.98. The van der Waals surface area contributed by atoms with Gasteiger partial charge in [-0.25, -0.2) is 21.1 Å². The molecule has 0 unspecified atom stereocenters. The smallest absolute Gasteiger partial charge is 0.264 e. The second-order valence-electron chi connectivity index (χ2n) is 8.67. The third-order valence-corrected chi connectivity index (χ3v) is 9.88. The van der Waals surface area contributed by atoms with Crippen LogP contribution in [-0.4, -0.2) is 54.2 Å². The summed E-state index contributed by atoms with van der Waals surface area (Å²) in [5.74, 6) is -0.421. The predicted octanol–water partition coefficient (Wildman–Crippen LogP) is 3.68. The number of fused-ring (bicyclic) bond motifs is 1. The Morgan fingerprint density at radius 1 is 0.889 bits per heavy atom. The molecule has 0 aliphatic carbocycles. The minimum atomic E-state index is -4.08. The van der Waals surface area contributed by atoms with Crippen molar-refractivity contribution in [3.63, 3.8) is 0 Å². The number of hydrogen-bond acceptors (Lipinski definition) is 5. The second kappa shape index (κ2) is 9.85. The van der Waals surface area contributed by atoms with Crippen LogP contribution in [0.25, 0.3) is 0 Å². The zero-order chi connectivity index (χ0) is 26.3. The van der Waals surface area contributed by atoms with Crippen molar-refractivity contribution in [2.45, 2.75) is 23.1 Å². The van der Waals surface area contributed by atoms with Crippen LogP contribution in [0.5, 0.6) is 0 Å². The number of rotatable bonds is 7. The second-order valence-corrected chi connectivity index (χ2v) is 13.1. The van der Waals surface area contributed by atoms with Crippen LogP contribution in [0.4, 0.5) is 11.4 Å². The lowest BCUT2D eigenvalue weighted by Gasteiger charge is -2.27. The molecule has 0 aromatic heterocycles. The minimum absolute atomic E-state index is 0.0145. The highest BCUT2D eigenvalue weighted by atomic mass is 35.5. The van der Waals surface area contributed by atoms with E-state index in [9.17, 15) is 21.6 Å². The van der Waals surface area contributed by atoms with E-state index >= 15 is 0 Å². The Bertz CT molecular complexity index is 1500. The van der Waals surface area contributed by atoms with Crippen molar-refractivity contribution >= 4 is 48.9 Å². The highest BCUT2D eigenvalue weighted by molar-refractivity contribution is 7.92. The summed E-state index contributed by atoms with van der Waals surface area (Å²) in [6.45, 7) is 1.78. The summed E-state index contributed by atoms with van der Waals surface area (Å²) in [4.78, 5) is 15.1. The van der Waals surface area contributed by atoms with Gasteiger partial charge >= 0.3 is 0 Å². The van der Waals surface area contributed by atoms with Crippen LogP contribution in [0.15, 0.2) is 76.5 Å². The molecule has 1 heterocycles. The van der Waals surface area contributed by atoms with Gasteiger partial charge in [0.15, 0.2) is 0 Å². The Labute approximate surface area is 216 Å². The third kappa shape index (κ3) is 4.99. The molecule has 0 fully saturated rings. The van der Waals surface area contributed by atoms with Crippen LogP contribution in [0.3, 0.4) is 0 Å². The molecule has 3 aromatic carbocycles. The Morgan fingerprint density at radius 3 is 2.11 bits per heavy atom. The lowest BCUT2D eigenvalue weighted by atomic mass is 10.2. The SMILES string of the molecule is Cc1ccc(N(CC(=O)N2CCc3cc(S(=O)(=O)N(C)C)ccc32)S(=O)(=O)c2ccc(Cl)cc2)cc1. The molecule has 36 heavy (non-hydrogen) atoms. The summed E-state index contributed by atoms with van der Waals surface area (Å²) in [5, 5.41) is 0.399. The van der Waals surface area contributed by atoms with Crippen LogP contribution >= 0.6 is 11.6 Å². The first-order chi connectivity index (χ1) is 16.9. The summed E-state index contributed by atoms with van der Waals surface area (Å²) >= 11 is 5.94. The number of carbonyl (C=O) groups excluding carboxylic acids is 1. The van der Waals surface area contributed by atoms with Crippen LogP contribution in [0, 0.1) is 6.92 Å². The van der Waals surface area contributed by atoms with Gasteiger partial charge in [-0.1, -0.05) is 29.3 Å². The highest BCUT2D eigenvalue weighted by Crippen LogP contribution is 2.32. The van der Waals surface area contributed by atoms with E-state index in [0.29, 0.717) is 34.9 Å². The average Bonchev–Trinajstić information content (AvgIpc) is 3.26. The minimum Gasteiger partial charge on any atom is -0.310 e. The molecule has 0 bridgehead atoms. The van der Waals surface area contributed by atoms with Crippen LogP contribution in [-0.2, 0) is 31.3 Å². The third-order valence-electron chi connectivity index (χ3n) is 6.03. The maximum atomic E-state index is 13.6. The average molecular weight is 548 g/mol. The van der Waals surface area contributed by atoms with E-state index in [-0.39, 0.29) is 9.79 Å². The number of benzene rings is 3. The predicted molar refractivity (Wildman–Crippen MR) is 141 cm³/mol. The van der Waals surface area contributed by atoms with Gasteiger partial charge in [0.05, 0.1) is 15.5 Å².